The van der Waals surface area contributed by atoms with E-state index in [1.54, 1.807) is 6.20 Å². The fraction of sp³-hybridized carbons (Fsp3) is 0.615. The summed E-state index contributed by atoms with van der Waals surface area (Å²) in [6.45, 7) is 5.52. The van der Waals surface area contributed by atoms with E-state index >= 15 is 0 Å². The molecule has 0 saturated heterocycles. The van der Waals surface area contributed by atoms with E-state index in [-0.39, 0.29) is 0 Å². The molecule has 0 aromatic carbocycles. The maximum absolute atomic E-state index is 5.63. The van der Waals surface area contributed by atoms with E-state index in [1.165, 1.54) is 25.7 Å². The normalized spacial score (nSPS) is 12.4. The van der Waals surface area contributed by atoms with Crippen molar-refractivity contribution >= 4 is 11.5 Å². The molecule has 1 atom stereocenters. The second-order valence-electron chi connectivity index (χ2n) is 4.27. The van der Waals surface area contributed by atoms with Gasteiger partial charge in [0.25, 0.3) is 0 Å². The molecule has 3 heteroatoms. The predicted octanol–water partition coefficient (Wildman–Crippen LogP) is 3.29. The maximum Gasteiger partial charge on any atom is 0.125 e. The van der Waals surface area contributed by atoms with Gasteiger partial charge in [-0.1, -0.05) is 33.1 Å². The summed E-state index contributed by atoms with van der Waals surface area (Å²) in [5, 5.41) is 3.43. The van der Waals surface area contributed by atoms with Crippen molar-refractivity contribution in [1.82, 2.24) is 4.98 Å². The maximum atomic E-state index is 5.63. The summed E-state index contributed by atoms with van der Waals surface area (Å²) >= 11 is 0. The summed E-state index contributed by atoms with van der Waals surface area (Å²) < 4.78 is 0. The number of hydrogen-bond acceptors (Lipinski definition) is 3. The summed E-state index contributed by atoms with van der Waals surface area (Å²) in [5.74, 6) is 1.33. The first kappa shape index (κ1) is 12.8. The van der Waals surface area contributed by atoms with Gasteiger partial charge in [-0.15, -0.1) is 0 Å². The molecular formula is C13H23N3. The number of nitrogens with two attached hydrogens (primary N) is 1. The zero-order valence-corrected chi connectivity index (χ0v) is 10.4. The number of nitrogens with one attached hydrogen (secondary N) is 1. The van der Waals surface area contributed by atoms with Gasteiger partial charge in [0.1, 0.15) is 5.82 Å². The quantitative estimate of drug-likeness (QED) is 0.742. The molecule has 1 aromatic heterocycles. The van der Waals surface area contributed by atoms with E-state index in [2.05, 4.69) is 24.1 Å². The summed E-state index contributed by atoms with van der Waals surface area (Å²) in [6.07, 6.45) is 6.87. The van der Waals surface area contributed by atoms with Crippen LogP contribution in [0.3, 0.4) is 0 Å². The van der Waals surface area contributed by atoms with Crippen LogP contribution >= 0.6 is 0 Å². The Balaban J connectivity index is 2.37. The number of nitrogen functional groups attached to an aromatic ring is 1. The van der Waals surface area contributed by atoms with Crippen LogP contribution in [0.1, 0.15) is 39.5 Å². The van der Waals surface area contributed by atoms with Crippen molar-refractivity contribution in [1.29, 1.82) is 0 Å². The lowest BCUT2D eigenvalue weighted by Crippen LogP contribution is -2.13. The molecule has 16 heavy (non-hydrogen) atoms. The Morgan fingerprint density at radius 3 is 2.88 bits per heavy atom. The van der Waals surface area contributed by atoms with Crippen LogP contribution in [-0.2, 0) is 0 Å². The summed E-state index contributed by atoms with van der Waals surface area (Å²) in [7, 11) is 0. The molecule has 0 aliphatic rings. The number of rotatable bonds is 7. The van der Waals surface area contributed by atoms with E-state index in [0.717, 1.165) is 18.2 Å². The van der Waals surface area contributed by atoms with E-state index in [4.69, 9.17) is 5.73 Å². The molecule has 0 aliphatic heterocycles. The third-order valence-electron chi connectivity index (χ3n) is 2.92. The van der Waals surface area contributed by atoms with Crippen LogP contribution < -0.4 is 11.1 Å². The van der Waals surface area contributed by atoms with Crippen molar-refractivity contribution in [3.63, 3.8) is 0 Å². The van der Waals surface area contributed by atoms with Crippen molar-refractivity contribution < 1.29 is 0 Å². The molecule has 1 heterocycles. The Kier molecular flexibility index (Phi) is 5.68. The highest BCUT2D eigenvalue weighted by Gasteiger charge is 2.05. The zero-order chi connectivity index (χ0) is 11.8. The van der Waals surface area contributed by atoms with Gasteiger partial charge in [-0.25, -0.2) is 4.98 Å². The predicted molar refractivity (Wildman–Crippen MR) is 70.4 cm³/mol. The monoisotopic (exact) mass is 221 g/mol. The first-order chi connectivity index (χ1) is 7.76. The van der Waals surface area contributed by atoms with Crippen molar-refractivity contribution in [2.24, 2.45) is 5.92 Å². The summed E-state index contributed by atoms with van der Waals surface area (Å²) in [4.78, 5) is 3.97. The highest BCUT2D eigenvalue weighted by atomic mass is 14.9. The first-order valence-electron chi connectivity index (χ1n) is 6.21. The van der Waals surface area contributed by atoms with E-state index < -0.39 is 0 Å². The number of unbranched alkanes of at least 4 members (excludes halogenated alkanes) is 1. The Hall–Kier alpha value is -1.25. The molecular weight excluding hydrogens is 198 g/mol. The van der Waals surface area contributed by atoms with Crippen LogP contribution in [0, 0.1) is 5.92 Å². The van der Waals surface area contributed by atoms with Gasteiger partial charge in [-0.05, 0) is 18.4 Å². The number of anilines is 2. The average Bonchev–Trinajstić information content (AvgIpc) is 2.29. The molecule has 0 amide bonds. The van der Waals surface area contributed by atoms with Crippen LogP contribution in [0.5, 0.6) is 0 Å². The Bertz CT molecular complexity index is 299. The zero-order valence-electron chi connectivity index (χ0n) is 10.4. The van der Waals surface area contributed by atoms with E-state index in [0.29, 0.717) is 5.82 Å². The Morgan fingerprint density at radius 1 is 1.44 bits per heavy atom. The molecule has 0 aliphatic carbocycles. The van der Waals surface area contributed by atoms with E-state index in [9.17, 15) is 0 Å². The van der Waals surface area contributed by atoms with Gasteiger partial charge in [-0.3, -0.25) is 0 Å². The molecule has 0 radical (unpaired) electrons. The standard InChI is InChI=1S/C13H23N3/c1-3-5-6-11(4-2)10-16-12-7-8-15-13(14)9-12/h7-9,11H,3-6,10H2,1-2H3,(H3,14,15,16). The number of aromatic nitrogens is 1. The van der Waals surface area contributed by atoms with Crippen molar-refractivity contribution in [2.75, 3.05) is 17.6 Å². The third-order valence-corrected chi connectivity index (χ3v) is 2.92. The van der Waals surface area contributed by atoms with Crippen LogP contribution in [-0.4, -0.2) is 11.5 Å². The molecule has 1 rings (SSSR count). The van der Waals surface area contributed by atoms with Gasteiger partial charge in [-0.2, -0.15) is 0 Å². The van der Waals surface area contributed by atoms with Gasteiger partial charge in [0.2, 0.25) is 0 Å². The van der Waals surface area contributed by atoms with Gasteiger partial charge in [0.05, 0.1) is 0 Å². The SMILES string of the molecule is CCCCC(CC)CNc1ccnc(N)c1. The van der Waals surface area contributed by atoms with Crippen LogP contribution in [0.15, 0.2) is 18.3 Å². The fourth-order valence-electron chi connectivity index (χ4n) is 1.76. The van der Waals surface area contributed by atoms with Crippen LogP contribution in [0.2, 0.25) is 0 Å². The van der Waals surface area contributed by atoms with Crippen molar-refractivity contribution in [3.05, 3.63) is 18.3 Å². The van der Waals surface area contributed by atoms with Gasteiger partial charge >= 0.3 is 0 Å². The molecule has 0 spiro atoms. The molecule has 3 N–H and O–H groups in total. The van der Waals surface area contributed by atoms with Crippen molar-refractivity contribution in [2.45, 2.75) is 39.5 Å². The number of hydrogen-bond donors (Lipinski definition) is 2. The fourth-order valence-corrected chi connectivity index (χ4v) is 1.76. The Labute approximate surface area is 98.5 Å². The number of pyridine rings is 1. The first-order valence-corrected chi connectivity index (χ1v) is 6.21. The van der Waals surface area contributed by atoms with Gasteiger partial charge in [0.15, 0.2) is 0 Å². The van der Waals surface area contributed by atoms with Crippen LogP contribution in [0.25, 0.3) is 0 Å². The molecule has 0 saturated carbocycles. The molecule has 3 nitrogen and oxygen atoms in total. The minimum Gasteiger partial charge on any atom is -0.385 e. The van der Waals surface area contributed by atoms with Gasteiger partial charge < -0.3 is 11.1 Å². The Morgan fingerprint density at radius 2 is 2.25 bits per heavy atom. The topological polar surface area (TPSA) is 50.9 Å². The average molecular weight is 221 g/mol. The second kappa shape index (κ2) is 7.09. The lowest BCUT2D eigenvalue weighted by molar-refractivity contribution is 0.473. The lowest BCUT2D eigenvalue weighted by atomic mass is 9.99. The highest BCUT2D eigenvalue weighted by molar-refractivity contribution is 5.49. The third kappa shape index (κ3) is 4.51. The van der Waals surface area contributed by atoms with Crippen molar-refractivity contribution in [3.8, 4) is 0 Å². The highest BCUT2D eigenvalue weighted by Crippen LogP contribution is 2.15. The molecule has 0 bridgehead atoms. The molecule has 90 valence electrons. The molecule has 0 fully saturated rings. The van der Waals surface area contributed by atoms with Gasteiger partial charge in [0, 0.05) is 24.5 Å². The molecule has 1 aromatic rings. The largest absolute Gasteiger partial charge is 0.385 e. The lowest BCUT2D eigenvalue weighted by Gasteiger charge is -2.16. The smallest absolute Gasteiger partial charge is 0.125 e. The van der Waals surface area contributed by atoms with Crippen LogP contribution in [0.4, 0.5) is 11.5 Å². The summed E-state index contributed by atoms with van der Waals surface area (Å²) in [6, 6.07) is 3.84. The molecule has 1 unspecified atom stereocenters. The van der Waals surface area contributed by atoms with E-state index in [1.807, 2.05) is 12.1 Å². The minimum absolute atomic E-state index is 0.576. The second-order valence-corrected chi connectivity index (χ2v) is 4.27. The summed E-state index contributed by atoms with van der Waals surface area (Å²) in [5.41, 5.74) is 6.70. The number of nitrogens with zero attached hydrogens (tertiary/aromatic N) is 1. The minimum atomic E-state index is 0.576.